The van der Waals surface area contributed by atoms with Gasteiger partial charge in [-0.15, -0.1) is 11.3 Å². The summed E-state index contributed by atoms with van der Waals surface area (Å²) in [6, 6.07) is 0.408. The topological polar surface area (TPSA) is 33.2 Å². The summed E-state index contributed by atoms with van der Waals surface area (Å²) in [6.07, 6.45) is 8.19. The zero-order valence-electron chi connectivity index (χ0n) is 11.9. The van der Waals surface area contributed by atoms with E-state index in [0.717, 1.165) is 29.5 Å². The van der Waals surface area contributed by atoms with E-state index < -0.39 is 0 Å². The minimum absolute atomic E-state index is 0.0882. The Bertz CT molecular complexity index is 458. The van der Waals surface area contributed by atoms with Crippen molar-refractivity contribution in [2.75, 3.05) is 7.05 Å². The van der Waals surface area contributed by atoms with Crippen LogP contribution in [0.5, 0.6) is 0 Å². The molecule has 1 aromatic rings. The monoisotopic (exact) mass is 278 g/mol. The van der Waals surface area contributed by atoms with E-state index in [-0.39, 0.29) is 5.91 Å². The summed E-state index contributed by atoms with van der Waals surface area (Å²) in [5.74, 6) is 0.901. The Morgan fingerprint density at radius 3 is 2.68 bits per heavy atom. The van der Waals surface area contributed by atoms with Gasteiger partial charge in [0.05, 0.1) is 10.7 Å². The van der Waals surface area contributed by atoms with Crippen LogP contribution in [-0.4, -0.2) is 28.9 Å². The fraction of sp³-hybridized carbons (Fsp3) is 0.600. The maximum Gasteiger partial charge on any atom is 0.246 e. The molecule has 0 spiro atoms. The molecule has 104 valence electrons. The van der Waals surface area contributed by atoms with E-state index in [1.54, 1.807) is 17.4 Å². The summed E-state index contributed by atoms with van der Waals surface area (Å²) in [6.45, 7) is 4.27. The third-order valence-corrected chi connectivity index (χ3v) is 4.71. The van der Waals surface area contributed by atoms with E-state index in [2.05, 4.69) is 11.9 Å². The van der Waals surface area contributed by atoms with Crippen LogP contribution in [0.3, 0.4) is 0 Å². The molecule has 1 fully saturated rings. The van der Waals surface area contributed by atoms with Crippen molar-refractivity contribution < 1.29 is 4.79 Å². The van der Waals surface area contributed by atoms with Crippen LogP contribution in [0, 0.1) is 12.8 Å². The summed E-state index contributed by atoms with van der Waals surface area (Å²) in [5, 5.41) is 3.00. The average molecular weight is 278 g/mol. The van der Waals surface area contributed by atoms with Crippen molar-refractivity contribution in [2.24, 2.45) is 5.92 Å². The highest BCUT2D eigenvalue weighted by molar-refractivity contribution is 7.09. The van der Waals surface area contributed by atoms with E-state index in [1.165, 1.54) is 12.8 Å². The minimum Gasteiger partial charge on any atom is -0.339 e. The van der Waals surface area contributed by atoms with Crippen LogP contribution in [0.25, 0.3) is 6.08 Å². The molecule has 0 unspecified atom stereocenters. The van der Waals surface area contributed by atoms with Crippen molar-refractivity contribution in [1.29, 1.82) is 0 Å². The predicted molar refractivity (Wildman–Crippen MR) is 80.1 cm³/mol. The second-order valence-electron chi connectivity index (χ2n) is 5.49. The Hall–Kier alpha value is -1.16. The number of rotatable bonds is 3. The van der Waals surface area contributed by atoms with Crippen molar-refractivity contribution in [3.63, 3.8) is 0 Å². The highest BCUT2D eigenvalue weighted by Gasteiger charge is 2.23. The Morgan fingerprint density at radius 1 is 1.42 bits per heavy atom. The lowest BCUT2D eigenvalue weighted by molar-refractivity contribution is -0.127. The number of carbonyl (C=O) groups excluding carboxylic acids is 1. The summed E-state index contributed by atoms with van der Waals surface area (Å²) in [7, 11) is 1.92. The molecule has 0 atom stereocenters. The molecule has 0 bridgehead atoms. The third kappa shape index (κ3) is 3.90. The van der Waals surface area contributed by atoms with Crippen LogP contribution in [0.4, 0.5) is 0 Å². The number of hydrogen-bond donors (Lipinski definition) is 0. The van der Waals surface area contributed by atoms with Crippen molar-refractivity contribution in [1.82, 2.24) is 9.88 Å². The molecule has 1 aliphatic rings. The van der Waals surface area contributed by atoms with Gasteiger partial charge in [-0.1, -0.05) is 6.92 Å². The molecule has 1 heterocycles. The first-order valence-electron chi connectivity index (χ1n) is 6.93. The SMILES string of the molecule is Cc1nc(/C=C/C(=O)N(C)C2CCC(C)CC2)cs1. The highest BCUT2D eigenvalue weighted by atomic mass is 32.1. The lowest BCUT2D eigenvalue weighted by atomic mass is 9.87. The van der Waals surface area contributed by atoms with E-state index in [9.17, 15) is 4.79 Å². The van der Waals surface area contributed by atoms with Crippen LogP contribution in [0.15, 0.2) is 11.5 Å². The van der Waals surface area contributed by atoms with Crippen LogP contribution in [0.1, 0.15) is 43.3 Å². The largest absolute Gasteiger partial charge is 0.339 e. The van der Waals surface area contributed by atoms with Gasteiger partial charge in [-0.25, -0.2) is 4.98 Å². The first kappa shape index (κ1) is 14.3. The lowest BCUT2D eigenvalue weighted by Gasteiger charge is -2.33. The number of carbonyl (C=O) groups is 1. The number of amides is 1. The molecule has 1 aliphatic carbocycles. The third-order valence-electron chi connectivity index (χ3n) is 3.91. The zero-order valence-corrected chi connectivity index (χ0v) is 12.7. The molecule has 2 rings (SSSR count). The Kier molecular flexibility index (Phi) is 4.75. The molecule has 1 saturated carbocycles. The van der Waals surface area contributed by atoms with Crippen molar-refractivity contribution in [2.45, 2.75) is 45.6 Å². The van der Waals surface area contributed by atoms with Gasteiger partial charge in [-0.2, -0.15) is 0 Å². The van der Waals surface area contributed by atoms with Crippen molar-refractivity contribution >= 4 is 23.3 Å². The van der Waals surface area contributed by atoms with Gasteiger partial charge >= 0.3 is 0 Å². The molecule has 4 heteroatoms. The van der Waals surface area contributed by atoms with Gasteiger partial charge in [0, 0.05) is 24.5 Å². The molecule has 0 saturated heterocycles. The van der Waals surface area contributed by atoms with Gasteiger partial charge in [0.25, 0.3) is 0 Å². The van der Waals surface area contributed by atoms with E-state index in [1.807, 2.05) is 30.3 Å². The zero-order chi connectivity index (χ0) is 13.8. The van der Waals surface area contributed by atoms with E-state index >= 15 is 0 Å². The highest BCUT2D eigenvalue weighted by Crippen LogP contribution is 2.26. The van der Waals surface area contributed by atoms with E-state index in [4.69, 9.17) is 0 Å². The molecule has 1 aromatic heterocycles. The Morgan fingerprint density at radius 2 is 2.11 bits per heavy atom. The first-order valence-corrected chi connectivity index (χ1v) is 7.81. The molecule has 19 heavy (non-hydrogen) atoms. The lowest BCUT2D eigenvalue weighted by Crippen LogP contribution is -2.38. The van der Waals surface area contributed by atoms with E-state index in [0.29, 0.717) is 6.04 Å². The fourth-order valence-corrected chi connectivity index (χ4v) is 3.12. The minimum atomic E-state index is 0.0882. The second-order valence-corrected chi connectivity index (χ2v) is 6.55. The van der Waals surface area contributed by atoms with Crippen molar-refractivity contribution in [3.8, 4) is 0 Å². The second kappa shape index (κ2) is 6.33. The number of thiazole rings is 1. The Labute approximate surface area is 119 Å². The quantitative estimate of drug-likeness (QED) is 0.793. The molecule has 0 radical (unpaired) electrons. The average Bonchev–Trinajstić information content (AvgIpc) is 2.82. The van der Waals surface area contributed by atoms with Gasteiger partial charge in [-0.05, 0) is 44.6 Å². The fourth-order valence-electron chi connectivity index (χ4n) is 2.54. The first-order chi connectivity index (χ1) is 9.06. The number of aryl methyl sites for hydroxylation is 1. The molecular weight excluding hydrogens is 256 g/mol. The maximum atomic E-state index is 12.1. The summed E-state index contributed by atoms with van der Waals surface area (Å²) >= 11 is 1.61. The summed E-state index contributed by atoms with van der Waals surface area (Å²) in [5.41, 5.74) is 0.876. The van der Waals surface area contributed by atoms with Crippen LogP contribution in [-0.2, 0) is 4.79 Å². The predicted octanol–water partition coefficient (Wildman–Crippen LogP) is 3.50. The van der Waals surface area contributed by atoms with Crippen LogP contribution in [0.2, 0.25) is 0 Å². The molecule has 0 aliphatic heterocycles. The Balaban J connectivity index is 1.90. The molecule has 0 aromatic carbocycles. The number of nitrogens with zero attached hydrogens (tertiary/aromatic N) is 2. The van der Waals surface area contributed by atoms with Crippen LogP contribution >= 0.6 is 11.3 Å². The van der Waals surface area contributed by atoms with Gasteiger partial charge in [-0.3, -0.25) is 4.79 Å². The van der Waals surface area contributed by atoms with Gasteiger partial charge in [0.2, 0.25) is 5.91 Å². The van der Waals surface area contributed by atoms with Crippen LogP contribution < -0.4 is 0 Å². The standard InChI is InChI=1S/C15H22N2OS/c1-11-4-7-14(8-5-11)17(3)15(18)9-6-13-10-19-12(2)16-13/h6,9-11,14H,4-5,7-8H2,1-3H3/b9-6+. The van der Waals surface area contributed by atoms with Crippen molar-refractivity contribution in [3.05, 3.63) is 22.2 Å². The molecule has 3 nitrogen and oxygen atoms in total. The maximum absolute atomic E-state index is 12.1. The molecular formula is C15H22N2OS. The molecule has 0 N–H and O–H groups in total. The number of likely N-dealkylation sites (N-methyl/N-ethyl adjacent to an activating group) is 1. The number of hydrogen-bond acceptors (Lipinski definition) is 3. The normalized spacial score (nSPS) is 23.7. The molecule has 1 amide bonds. The summed E-state index contributed by atoms with van der Waals surface area (Å²) < 4.78 is 0. The van der Waals surface area contributed by atoms with Gasteiger partial charge in [0.15, 0.2) is 0 Å². The smallest absolute Gasteiger partial charge is 0.246 e. The summed E-state index contributed by atoms with van der Waals surface area (Å²) in [4.78, 5) is 18.3. The number of aromatic nitrogens is 1. The van der Waals surface area contributed by atoms with Gasteiger partial charge in [0.1, 0.15) is 0 Å². The van der Waals surface area contributed by atoms with Gasteiger partial charge < -0.3 is 4.90 Å².